The third-order valence-corrected chi connectivity index (χ3v) is 3.25. The molecule has 1 aromatic carbocycles. The number of unbranched alkanes of at least 4 members (excludes halogenated alkanes) is 1. The molecule has 18 heavy (non-hydrogen) atoms. The molecule has 0 fully saturated rings. The summed E-state index contributed by atoms with van der Waals surface area (Å²) in [7, 11) is 0. The van der Waals surface area contributed by atoms with Crippen LogP contribution >= 0.6 is 0 Å². The normalized spacial score (nSPS) is 11.1. The Morgan fingerprint density at radius 2 is 1.89 bits per heavy atom. The largest absolute Gasteiger partial charge is 0.313 e. The van der Waals surface area contributed by atoms with Crippen LogP contribution in [0.3, 0.4) is 0 Å². The van der Waals surface area contributed by atoms with Gasteiger partial charge in [0.15, 0.2) is 0 Å². The highest BCUT2D eigenvalue weighted by atomic mass is 15.1. The van der Waals surface area contributed by atoms with Gasteiger partial charge in [-0.2, -0.15) is 0 Å². The number of hydrogen-bond acceptors (Lipinski definition) is 2. The van der Waals surface area contributed by atoms with E-state index in [4.69, 9.17) is 0 Å². The predicted octanol–water partition coefficient (Wildman–Crippen LogP) is 3.42. The summed E-state index contributed by atoms with van der Waals surface area (Å²) in [6.45, 7) is 12.1. The first-order chi connectivity index (χ1) is 8.80. The van der Waals surface area contributed by atoms with Crippen LogP contribution in [-0.2, 0) is 13.1 Å². The average Bonchev–Trinajstić information content (AvgIpc) is 2.41. The van der Waals surface area contributed by atoms with Crippen molar-refractivity contribution < 1.29 is 0 Å². The zero-order chi connectivity index (χ0) is 13.2. The Morgan fingerprint density at radius 1 is 1.11 bits per heavy atom. The summed E-state index contributed by atoms with van der Waals surface area (Å²) < 4.78 is 0. The first-order valence-corrected chi connectivity index (χ1v) is 7.31. The topological polar surface area (TPSA) is 15.3 Å². The van der Waals surface area contributed by atoms with E-state index >= 15 is 0 Å². The molecule has 0 heterocycles. The van der Waals surface area contributed by atoms with Crippen molar-refractivity contribution >= 4 is 0 Å². The Hall–Kier alpha value is -0.860. The van der Waals surface area contributed by atoms with Crippen LogP contribution in [-0.4, -0.2) is 24.5 Å². The van der Waals surface area contributed by atoms with Crippen molar-refractivity contribution in [1.82, 2.24) is 10.2 Å². The SMILES string of the molecule is CCCCN(CC)Cc1cccc(CNCC)c1. The predicted molar refractivity (Wildman–Crippen MR) is 79.7 cm³/mol. The lowest BCUT2D eigenvalue weighted by Gasteiger charge is -2.20. The zero-order valence-electron chi connectivity index (χ0n) is 12.2. The Balaban J connectivity index is 2.53. The van der Waals surface area contributed by atoms with Crippen LogP contribution in [0.4, 0.5) is 0 Å². The summed E-state index contributed by atoms with van der Waals surface area (Å²) in [5.41, 5.74) is 2.82. The van der Waals surface area contributed by atoms with Crippen molar-refractivity contribution in [2.75, 3.05) is 19.6 Å². The third kappa shape index (κ3) is 5.65. The lowest BCUT2D eigenvalue weighted by molar-refractivity contribution is 0.275. The molecule has 0 spiro atoms. The monoisotopic (exact) mass is 248 g/mol. The molecule has 0 radical (unpaired) electrons. The summed E-state index contributed by atoms with van der Waals surface area (Å²) in [4.78, 5) is 2.52. The van der Waals surface area contributed by atoms with Gasteiger partial charge < -0.3 is 5.32 Å². The molecule has 0 aromatic heterocycles. The average molecular weight is 248 g/mol. The van der Waals surface area contributed by atoms with Crippen molar-refractivity contribution in [3.05, 3.63) is 35.4 Å². The van der Waals surface area contributed by atoms with E-state index in [1.807, 2.05) is 0 Å². The molecule has 0 saturated heterocycles. The molecule has 2 heteroatoms. The second-order valence-electron chi connectivity index (χ2n) is 4.82. The minimum atomic E-state index is 0.978. The van der Waals surface area contributed by atoms with Gasteiger partial charge >= 0.3 is 0 Å². The van der Waals surface area contributed by atoms with Crippen molar-refractivity contribution in [3.63, 3.8) is 0 Å². The number of nitrogens with one attached hydrogen (secondary N) is 1. The molecule has 1 rings (SSSR count). The molecule has 0 aliphatic carbocycles. The van der Waals surface area contributed by atoms with E-state index in [0.717, 1.165) is 26.2 Å². The fourth-order valence-corrected chi connectivity index (χ4v) is 2.10. The number of hydrogen-bond donors (Lipinski definition) is 1. The van der Waals surface area contributed by atoms with Crippen molar-refractivity contribution in [1.29, 1.82) is 0 Å². The van der Waals surface area contributed by atoms with E-state index in [-0.39, 0.29) is 0 Å². The Labute approximate surface area is 112 Å². The van der Waals surface area contributed by atoms with E-state index in [2.05, 4.69) is 55.3 Å². The molecule has 1 N–H and O–H groups in total. The van der Waals surface area contributed by atoms with Crippen LogP contribution < -0.4 is 5.32 Å². The highest BCUT2D eigenvalue weighted by Crippen LogP contribution is 2.09. The first-order valence-electron chi connectivity index (χ1n) is 7.31. The van der Waals surface area contributed by atoms with Gasteiger partial charge in [-0.25, -0.2) is 0 Å². The smallest absolute Gasteiger partial charge is 0.0233 e. The van der Waals surface area contributed by atoms with Gasteiger partial charge in [0.2, 0.25) is 0 Å². The second kappa shape index (κ2) is 9.12. The maximum atomic E-state index is 3.38. The summed E-state index contributed by atoms with van der Waals surface area (Å²) in [5, 5.41) is 3.38. The molecule has 0 amide bonds. The molecule has 0 aliphatic rings. The van der Waals surface area contributed by atoms with Gasteiger partial charge in [-0.05, 0) is 37.2 Å². The van der Waals surface area contributed by atoms with E-state index in [1.165, 1.54) is 30.5 Å². The fraction of sp³-hybridized carbons (Fsp3) is 0.625. The lowest BCUT2D eigenvalue weighted by Crippen LogP contribution is -2.24. The van der Waals surface area contributed by atoms with Gasteiger partial charge in [0, 0.05) is 13.1 Å². The standard InChI is InChI=1S/C16H28N2/c1-4-7-11-18(6-3)14-16-10-8-9-15(12-16)13-17-5-2/h8-10,12,17H,4-7,11,13-14H2,1-3H3. The van der Waals surface area contributed by atoms with Crippen LogP contribution in [0.25, 0.3) is 0 Å². The van der Waals surface area contributed by atoms with Crippen molar-refractivity contribution in [2.45, 2.75) is 46.7 Å². The van der Waals surface area contributed by atoms with Crippen LogP contribution in [0.1, 0.15) is 44.7 Å². The number of rotatable bonds is 9. The maximum Gasteiger partial charge on any atom is 0.0233 e. The minimum absolute atomic E-state index is 0.978. The second-order valence-corrected chi connectivity index (χ2v) is 4.82. The fourth-order valence-electron chi connectivity index (χ4n) is 2.10. The van der Waals surface area contributed by atoms with Gasteiger partial charge in [0.25, 0.3) is 0 Å². The van der Waals surface area contributed by atoms with Gasteiger partial charge in [-0.1, -0.05) is 51.5 Å². The third-order valence-electron chi connectivity index (χ3n) is 3.25. The van der Waals surface area contributed by atoms with Gasteiger partial charge in [-0.15, -0.1) is 0 Å². The molecule has 0 saturated carbocycles. The molecule has 1 aromatic rings. The Morgan fingerprint density at radius 3 is 2.56 bits per heavy atom. The van der Waals surface area contributed by atoms with Crippen LogP contribution in [0.2, 0.25) is 0 Å². The Bertz CT molecular complexity index is 323. The molecular weight excluding hydrogens is 220 g/mol. The molecule has 0 bridgehead atoms. The van der Waals surface area contributed by atoms with Crippen LogP contribution in [0.15, 0.2) is 24.3 Å². The molecule has 0 atom stereocenters. The van der Waals surface area contributed by atoms with Crippen molar-refractivity contribution in [2.24, 2.45) is 0 Å². The number of nitrogens with zero attached hydrogens (tertiary/aromatic N) is 1. The van der Waals surface area contributed by atoms with Gasteiger partial charge in [-0.3, -0.25) is 4.90 Å². The highest BCUT2D eigenvalue weighted by molar-refractivity contribution is 5.23. The molecule has 2 nitrogen and oxygen atoms in total. The molecular formula is C16H28N2. The van der Waals surface area contributed by atoms with Crippen molar-refractivity contribution in [3.8, 4) is 0 Å². The quantitative estimate of drug-likeness (QED) is 0.720. The summed E-state index contributed by atoms with van der Waals surface area (Å²) in [5.74, 6) is 0. The van der Waals surface area contributed by atoms with E-state index < -0.39 is 0 Å². The minimum Gasteiger partial charge on any atom is -0.313 e. The summed E-state index contributed by atoms with van der Waals surface area (Å²) >= 11 is 0. The number of benzene rings is 1. The van der Waals surface area contributed by atoms with Crippen LogP contribution in [0.5, 0.6) is 0 Å². The lowest BCUT2D eigenvalue weighted by atomic mass is 10.1. The maximum absolute atomic E-state index is 3.38. The van der Waals surface area contributed by atoms with Gasteiger partial charge in [0.05, 0.1) is 0 Å². The van der Waals surface area contributed by atoms with E-state index in [9.17, 15) is 0 Å². The van der Waals surface area contributed by atoms with Gasteiger partial charge in [0.1, 0.15) is 0 Å². The molecule has 0 aliphatic heterocycles. The molecule has 102 valence electrons. The highest BCUT2D eigenvalue weighted by Gasteiger charge is 2.03. The van der Waals surface area contributed by atoms with Crippen LogP contribution in [0, 0.1) is 0 Å². The van der Waals surface area contributed by atoms with E-state index in [0.29, 0.717) is 0 Å². The summed E-state index contributed by atoms with van der Waals surface area (Å²) in [6.07, 6.45) is 2.57. The zero-order valence-corrected chi connectivity index (χ0v) is 12.2. The first kappa shape index (κ1) is 15.2. The Kier molecular flexibility index (Phi) is 7.70. The summed E-state index contributed by atoms with van der Waals surface area (Å²) in [6, 6.07) is 8.95. The van der Waals surface area contributed by atoms with E-state index in [1.54, 1.807) is 0 Å². The molecule has 0 unspecified atom stereocenters.